The van der Waals surface area contributed by atoms with Crippen LogP contribution in [0.25, 0.3) is 0 Å². The molecule has 0 aliphatic rings. The van der Waals surface area contributed by atoms with Gasteiger partial charge in [-0.1, -0.05) is 117 Å². The van der Waals surface area contributed by atoms with Gasteiger partial charge < -0.3 is 29.6 Å². The Labute approximate surface area is 320 Å². The summed E-state index contributed by atoms with van der Waals surface area (Å²) in [6.45, 7) is 4.31. The van der Waals surface area contributed by atoms with Crippen LogP contribution < -0.4 is 5.73 Å². The summed E-state index contributed by atoms with van der Waals surface area (Å²) in [6, 6.07) is 0. The first-order valence-corrected chi connectivity index (χ1v) is 22.1. The topological polar surface area (TPSA) is 187 Å². The molecule has 0 spiro atoms. The second-order valence-corrected chi connectivity index (χ2v) is 15.1. The molecule has 3 N–H and O–H groups in total. The number of hydrogen-bond acceptors (Lipinski definition) is 12. The van der Waals surface area contributed by atoms with Gasteiger partial charge in [0.1, 0.15) is 6.61 Å². The second-order valence-electron chi connectivity index (χ2n) is 13.7. The van der Waals surface area contributed by atoms with Gasteiger partial charge in [0, 0.05) is 32.2 Å². The Kier molecular flexibility index (Phi) is 35.5. The maximum absolute atomic E-state index is 12.5. The molecule has 0 rings (SSSR count). The van der Waals surface area contributed by atoms with Crippen LogP contribution in [0.5, 0.6) is 0 Å². The van der Waals surface area contributed by atoms with Crippen LogP contribution in [-0.2, 0) is 51.7 Å². The Hall–Kier alpha value is -2.05. The van der Waals surface area contributed by atoms with E-state index in [9.17, 15) is 28.6 Å². The van der Waals surface area contributed by atoms with Gasteiger partial charge in [-0.25, -0.2) is 4.57 Å². The molecule has 0 aromatic heterocycles. The van der Waals surface area contributed by atoms with E-state index in [0.29, 0.717) is 38.9 Å². The monoisotopic (exact) mass is 779 g/mol. The fraction of sp³-hybridized carbons (Fsp3) is 0.897. The van der Waals surface area contributed by atoms with E-state index in [1.807, 2.05) is 0 Å². The minimum atomic E-state index is -4.44. The highest BCUT2D eigenvalue weighted by Crippen LogP contribution is 2.43. The fourth-order valence-electron chi connectivity index (χ4n) is 5.42. The third kappa shape index (κ3) is 36.7. The molecule has 0 aromatic rings. The highest BCUT2D eigenvalue weighted by molar-refractivity contribution is 7.47. The van der Waals surface area contributed by atoms with Crippen LogP contribution in [-0.4, -0.2) is 74.5 Å². The summed E-state index contributed by atoms with van der Waals surface area (Å²) in [5, 5.41) is 0. The first-order valence-electron chi connectivity index (χ1n) is 20.6. The van der Waals surface area contributed by atoms with Gasteiger partial charge in [-0.15, -0.1) is 0 Å². The van der Waals surface area contributed by atoms with Crippen molar-refractivity contribution in [2.75, 3.05) is 39.6 Å². The number of hydrogen-bond donors (Lipinski definition) is 2. The van der Waals surface area contributed by atoms with Gasteiger partial charge in [0.2, 0.25) is 0 Å². The van der Waals surface area contributed by atoms with Gasteiger partial charge in [0.15, 0.2) is 6.10 Å². The standard InChI is InChI=1S/C39H74NO12P/c1-3-5-7-9-17-23-30-47-36(41)25-19-13-11-15-21-27-38(43)49-33-35(34-51-53(45,46)50-32-29-40)52-39(44)28-22-16-12-14-20-26-37(42)48-31-24-18-10-8-6-4-2/h35H,3-34,40H2,1-2H3,(H,45,46). The zero-order valence-corrected chi connectivity index (χ0v) is 34.1. The molecule has 0 aromatic carbocycles. The molecule has 2 unspecified atom stereocenters. The molecule has 13 nitrogen and oxygen atoms in total. The molecular weight excluding hydrogens is 705 g/mol. The zero-order valence-electron chi connectivity index (χ0n) is 33.2. The third-order valence-corrected chi connectivity index (χ3v) is 9.55. The summed E-state index contributed by atoms with van der Waals surface area (Å²) in [5.74, 6) is -1.35. The lowest BCUT2D eigenvalue weighted by Crippen LogP contribution is -2.29. The minimum Gasteiger partial charge on any atom is -0.466 e. The van der Waals surface area contributed by atoms with E-state index in [1.165, 1.54) is 51.4 Å². The lowest BCUT2D eigenvalue weighted by atomic mass is 10.1. The summed E-state index contributed by atoms with van der Waals surface area (Å²) in [7, 11) is -4.44. The number of nitrogens with two attached hydrogens (primary N) is 1. The molecule has 0 amide bonds. The molecule has 53 heavy (non-hydrogen) atoms. The van der Waals surface area contributed by atoms with E-state index >= 15 is 0 Å². The smallest absolute Gasteiger partial charge is 0.466 e. The van der Waals surface area contributed by atoms with Crippen LogP contribution >= 0.6 is 7.82 Å². The number of phosphoric ester groups is 1. The number of unbranched alkanes of at least 4 members (excludes halogenated alkanes) is 18. The molecule has 0 heterocycles. The molecule has 2 atom stereocenters. The van der Waals surface area contributed by atoms with Crippen LogP contribution in [0.1, 0.15) is 181 Å². The van der Waals surface area contributed by atoms with E-state index in [4.69, 9.17) is 33.7 Å². The van der Waals surface area contributed by atoms with E-state index < -0.39 is 32.5 Å². The van der Waals surface area contributed by atoms with Gasteiger partial charge in [0.25, 0.3) is 0 Å². The largest absolute Gasteiger partial charge is 0.472 e. The summed E-state index contributed by atoms with van der Waals surface area (Å²) >= 11 is 0. The predicted molar refractivity (Wildman–Crippen MR) is 205 cm³/mol. The van der Waals surface area contributed by atoms with Crippen molar-refractivity contribution < 1.29 is 56.6 Å². The number of phosphoric acid groups is 1. The van der Waals surface area contributed by atoms with Crippen LogP contribution in [0.2, 0.25) is 0 Å². The Morgan fingerprint density at radius 1 is 0.491 bits per heavy atom. The number of rotatable bonds is 39. The van der Waals surface area contributed by atoms with Crippen LogP contribution in [0.3, 0.4) is 0 Å². The normalized spacial score (nSPS) is 12.9. The quantitative estimate of drug-likeness (QED) is 0.0261. The molecule has 14 heteroatoms. The highest BCUT2D eigenvalue weighted by atomic mass is 31.2. The fourth-order valence-corrected chi connectivity index (χ4v) is 6.19. The maximum atomic E-state index is 12.5. The van der Waals surface area contributed by atoms with Gasteiger partial charge >= 0.3 is 31.7 Å². The number of esters is 4. The van der Waals surface area contributed by atoms with Crippen molar-refractivity contribution >= 4 is 31.7 Å². The number of carbonyl (C=O) groups excluding carboxylic acids is 4. The third-order valence-electron chi connectivity index (χ3n) is 8.57. The van der Waals surface area contributed by atoms with E-state index in [-0.39, 0.29) is 44.5 Å². The molecule has 0 fully saturated rings. The van der Waals surface area contributed by atoms with Crippen molar-refractivity contribution in [3.05, 3.63) is 0 Å². The Morgan fingerprint density at radius 3 is 1.30 bits per heavy atom. The zero-order chi connectivity index (χ0) is 39.3. The SMILES string of the molecule is CCCCCCCCOC(=O)CCCCCCCC(=O)OCC(COP(=O)(O)OCCN)OC(=O)CCCCCCCC(=O)OCCCCCCCC. The van der Waals surface area contributed by atoms with Crippen molar-refractivity contribution in [3.63, 3.8) is 0 Å². The van der Waals surface area contributed by atoms with Crippen molar-refractivity contribution in [1.29, 1.82) is 0 Å². The summed E-state index contributed by atoms with van der Waals surface area (Å²) in [4.78, 5) is 58.5. The maximum Gasteiger partial charge on any atom is 0.472 e. The summed E-state index contributed by atoms with van der Waals surface area (Å²) in [5.41, 5.74) is 5.32. The lowest BCUT2D eigenvalue weighted by Gasteiger charge is -2.19. The lowest BCUT2D eigenvalue weighted by molar-refractivity contribution is -0.161. The number of ether oxygens (including phenoxy) is 4. The van der Waals surface area contributed by atoms with Crippen molar-refractivity contribution in [3.8, 4) is 0 Å². The Balaban J connectivity index is 4.25. The molecule has 0 saturated heterocycles. The molecule has 0 radical (unpaired) electrons. The Morgan fingerprint density at radius 2 is 0.868 bits per heavy atom. The van der Waals surface area contributed by atoms with Gasteiger partial charge in [0.05, 0.1) is 26.4 Å². The van der Waals surface area contributed by atoms with Crippen LogP contribution in [0, 0.1) is 0 Å². The molecule has 0 aliphatic carbocycles. The highest BCUT2D eigenvalue weighted by Gasteiger charge is 2.26. The molecular formula is C39H74NO12P. The van der Waals surface area contributed by atoms with Gasteiger partial charge in [-0.05, 0) is 38.5 Å². The van der Waals surface area contributed by atoms with E-state index in [0.717, 1.165) is 77.0 Å². The van der Waals surface area contributed by atoms with Crippen LogP contribution in [0.4, 0.5) is 0 Å². The molecule has 0 aliphatic heterocycles. The van der Waals surface area contributed by atoms with E-state index in [1.54, 1.807) is 0 Å². The van der Waals surface area contributed by atoms with Crippen LogP contribution in [0.15, 0.2) is 0 Å². The van der Waals surface area contributed by atoms with Crippen molar-refractivity contribution in [2.24, 2.45) is 5.73 Å². The van der Waals surface area contributed by atoms with Crippen molar-refractivity contribution in [1.82, 2.24) is 0 Å². The van der Waals surface area contributed by atoms with E-state index in [2.05, 4.69) is 13.8 Å². The molecule has 312 valence electrons. The predicted octanol–water partition coefficient (Wildman–Crippen LogP) is 8.80. The van der Waals surface area contributed by atoms with Gasteiger partial charge in [-0.2, -0.15) is 0 Å². The summed E-state index contributed by atoms with van der Waals surface area (Å²) in [6.07, 6.45) is 21.3. The average Bonchev–Trinajstić information content (AvgIpc) is 3.13. The second kappa shape index (κ2) is 36.9. The minimum absolute atomic E-state index is 0.0130. The summed E-state index contributed by atoms with van der Waals surface area (Å²) < 4.78 is 43.1. The number of carbonyl (C=O) groups is 4. The molecule has 0 saturated carbocycles. The average molecular weight is 780 g/mol. The Bertz CT molecular complexity index is 967. The first-order chi connectivity index (χ1) is 25.6. The molecule has 0 bridgehead atoms. The van der Waals surface area contributed by atoms with Crippen molar-refractivity contribution in [2.45, 2.75) is 187 Å². The first kappa shape index (κ1) is 51.0. The van der Waals surface area contributed by atoms with Gasteiger partial charge in [-0.3, -0.25) is 28.2 Å².